The van der Waals surface area contributed by atoms with Gasteiger partial charge in [-0.2, -0.15) is 0 Å². The van der Waals surface area contributed by atoms with Crippen LogP contribution in [-0.2, 0) is 26.2 Å². The zero-order chi connectivity index (χ0) is 25.7. The minimum absolute atomic E-state index is 0.0319. The van der Waals surface area contributed by atoms with Gasteiger partial charge in [0.2, 0.25) is 5.91 Å². The number of methoxy groups -OCH3 is 1. The zero-order valence-electron chi connectivity index (χ0n) is 21.7. The fourth-order valence-corrected chi connectivity index (χ4v) is 7.46. The quantitative estimate of drug-likeness (QED) is 0.343. The molecule has 2 aliphatic heterocycles. The van der Waals surface area contributed by atoms with Crippen molar-refractivity contribution in [2.45, 2.75) is 49.3 Å². The van der Waals surface area contributed by atoms with Crippen molar-refractivity contribution in [1.29, 1.82) is 0 Å². The summed E-state index contributed by atoms with van der Waals surface area (Å²) in [6.07, 6.45) is 7.18. The Morgan fingerprint density at radius 1 is 1.19 bits per heavy atom. The van der Waals surface area contributed by atoms with E-state index in [2.05, 4.69) is 18.0 Å². The Bertz CT molecular complexity index is 1240. The van der Waals surface area contributed by atoms with Crippen LogP contribution in [0.4, 0.5) is 0 Å². The number of likely N-dealkylation sites (tertiary alicyclic amines) is 1. The number of rotatable bonds is 6. The zero-order valence-corrected chi connectivity index (χ0v) is 21.7. The first-order chi connectivity index (χ1) is 17.9. The molecule has 37 heavy (non-hydrogen) atoms. The molecule has 0 N–H and O–H groups in total. The van der Waals surface area contributed by atoms with Crippen LogP contribution >= 0.6 is 0 Å². The Morgan fingerprint density at radius 2 is 2.00 bits per heavy atom. The molecule has 1 amide bonds. The summed E-state index contributed by atoms with van der Waals surface area (Å²) in [6, 6.07) is 14.2. The average Bonchev–Trinajstić information content (AvgIpc) is 3.26. The van der Waals surface area contributed by atoms with E-state index in [0.29, 0.717) is 23.5 Å². The van der Waals surface area contributed by atoms with Crippen LogP contribution in [0.3, 0.4) is 0 Å². The Hall–Kier alpha value is -3.16. The molecular weight excluding hydrogens is 468 g/mol. The third-order valence-corrected chi connectivity index (χ3v) is 9.10. The monoisotopic (exact) mass is 502 g/mol. The fourth-order valence-electron chi connectivity index (χ4n) is 7.46. The first-order valence-corrected chi connectivity index (χ1v) is 13.2. The molecule has 7 nitrogen and oxygen atoms in total. The lowest BCUT2D eigenvalue weighted by molar-refractivity contribution is -0.138. The highest BCUT2D eigenvalue weighted by Crippen LogP contribution is 2.64. The lowest BCUT2D eigenvalue weighted by Crippen LogP contribution is -2.68. The van der Waals surface area contributed by atoms with Crippen molar-refractivity contribution < 1.29 is 23.8 Å². The van der Waals surface area contributed by atoms with Crippen LogP contribution in [-0.4, -0.2) is 74.2 Å². The number of benzene rings is 2. The molecule has 2 fully saturated rings. The van der Waals surface area contributed by atoms with Gasteiger partial charge < -0.3 is 24.0 Å². The van der Waals surface area contributed by atoms with Gasteiger partial charge in [0.15, 0.2) is 11.5 Å². The highest BCUT2D eigenvalue weighted by Gasteiger charge is 2.66. The summed E-state index contributed by atoms with van der Waals surface area (Å²) >= 11 is 0. The highest BCUT2D eigenvalue weighted by atomic mass is 16.6. The summed E-state index contributed by atoms with van der Waals surface area (Å²) in [6.45, 7) is 0.861. The van der Waals surface area contributed by atoms with E-state index >= 15 is 0 Å². The van der Waals surface area contributed by atoms with E-state index in [9.17, 15) is 9.59 Å². The summed E-state index contributed by atoms with van der Waals surface area (Å²) in [7, 11) is 5.59. The number of likely N-dealkylation sites (N-methyl/N-ethyl adjacent to an activating group) is 2. The molecule has 2 aromatic carbocycles. The molecule has 2 aromatic rings. The van der Waals surface area contributed by atoms with E-state index in [4.69, 9.17) is 14.2 Å². The second kappa shape index (κ2) is 9.30. The standard InChI is InChI=1S/C30H34N2O5/c1-31-16-15-30-21-11-12-22(32(2)25(33)14-9-19-7-5-4-6-8-19)29(30)37-28-24(36-26(34)18-35-3)13-10-20(27(28)30)17-23(21)31/h4-10,13-14,21-23,29H,11-12,15-18H2,1-3H3/b14-9+/t21-,22?,23+,29?,30-/m0/s1. The number of amides is 1. The van der Waals surface area contributed by atoms with Crippen molar-refractivity contribution in [3.8, 4) is 11.5 Å². The maximum Gasteiger partial charge on any atom is 0.337 e. The van der Waals surface area contributed by atoms with Gasteiger partial charge in [0.1, 0.15) is 12.7 Å². The van der Waals surface area contributed by atoms with Gasteiger partial charge in [-0.1, -0.05) is 36.4 Å². The molecule has 0 radical (unpaired) electrons. The lowest BCUT2D eigenvalue weighted by Gasteiger charge is -2.59. The van der Waals surface area contributed by atoms with E-state index in [-0.39, 0.29) is 30.1 Å². The molecule has 0 aromatic heterocycles. The van der Waals surface area contributed by atoms with Gasteiger partial charge in [0.05, 0.1) is 6.04 Å². The molecule has 2 unspecified atom stereocenters. The van der Waals surface area contributed by atoms with Gasteiger partial charge in [-0.15, -0.1) is 0 Å². The maximum atomic E-state index is 13.3. The van der Waals surface area contributed by atoms with E-state index < -0.39 is 5.97 Å². The molecule has 7 heteroatoms. The van der Waals surface area contributed by atoms with Crippen molar-refractivity contribution in [3.63, 3.8) is 0 Å². The topological polar surface area (TPSA) is 68.3 Å². The first-order valence-electron chi connectivity index (χ1n) is 13.2. The molecule has 6 rings (SSSR count). The number of ether oxygens (including phenoxy) is 3. The van der Waals surface area contributed by atoms with Gasteiger partial charge in [0, 0.05) is 37.3 Å². The van der Waals surface area contributed by atoms with Crippen LogP contribution in [0, 0.1) is 5.92 Å². The van der Waals surface area contributed by atoms with Crippen molar-refractivity contribution >= 4 is 18.0 Å². The third kappa shape index (κ3) is 3.79. The molecule has 2 bridgehead atoms. The predicted molar refractivity (Wildman–Crippen MR) is 140 cm³/mol. The number of nitrogens with zero attached hydrogens (tertiary/aromatic N) is 2. The summed E-state index contributed by atoms with van der Waals surface area (Å²) in [5.41, 5.74) is 3.29. The molecule has 194 valence electrons. The van der Waals surface area contributed by atoms with Crippen LogP contribution in [0.2, 0.25) is 0 Å². The molecular formula is C30H34N2O5. The van der Waals surface area contributed by atoms with E-state index in [1.54, 1.807) is 6.08 Å². The van der Waals surface area contributed by atoms with Gasteiger partial charge >= 0.3 is 5.97 Å². The van der Waals surface area contributed by atoms with E-state index in [0.717, 1.165) is 37.8 Å². The molecule has 1 saturated carbocycles. The van der Waals surface area contributed by atoms with Crippen molar-refractivity contribution in [2.24, 2.45) is 5.92 Å². The van der Waals surface area contributed by atoms with Gasteiger partial charge in [0.25, 0.3) is 0 Å². The van der Waals surface area contributed by atoms with Crippen LogP contribution in [0.15, 0.2) is 48.5 Å². The SMILES string of the molecule is COCC(=O)Oc1ccc2c3c1OC1C(N(C)C(=O)/C=C/c4ccccc4)CC[C@H]4[C@@H](C2)N(C)CC[C@]314. The number of esters is 1. The molecule has 1 saturated heterocycles. The van der Waals surface area contributed by atoms with Gasteiger partial charge in [-0.3, -0.25) is 4.79 Å². The maximum absolute atomic E-state index is 13.3. The summed E-state index contributed by atoms with van der Waals surface area (Å²) < 4.78 is 17.5. The van der Waals surface area contributed by atoms with Crippen LogP contribution in [0.1, 0.15) is 36.0 Å². The van der Waals surface area contributed by atoms with Crippen LogP contribution in [0.5, 0.6) is 11.5 Å². The predicted octanol–water partition coefficient (Wildman–Crippen LogP) is 3.45. The summed E-state index contributed by atoms with van der Waals surface area (Å²) in [4.78, 5) is 30.0. The second-order valence-electron chi connectivity index (χ2n) is 10.9. The van der Waals surface area contributed by atoms with Crippen molar-refractivity contribution in [3.05, 3.63) is 65.2 Å². The second-order valence-corrected chi connectivity index (χ2v) is 10.9. The highest BCUT2D eigenvalue weighted by molar-refractivity contribution is 5.92. The summed E-state index contributed by atoms with van der Waals surface area (Å²) in [5.74, 6) is 1.10. The minimum Gasteiger partial charge on any atom is -0.483 e. The largest absolute Gasteiger partial charge is 0.483 e. The van der Waals surface area contributed by atoms with E-state index in [1.165, 1.54) is 18.2 Å². The van der Waals surface area contributed by atoms with Crippen LogP contribution < -0.4 is 9.47 Å². The molecule has 2 aliphatic carbocycles. The van der Waals surface area contributed by atoms with Gasteiger partial charge in [-0.05, 0) is 68.5 Å². The van der Waals surface area contributed by atoms with Crippen molar-refractivity contribution in [1.82, 2.24) is 9.80 Å². The smallest absolute Gasteiger partial charge is 0.337 e. The lowest BCUT2D eigenvalue weighted by atomic mass is 9.51. The van der Waals surface area contributed by atoms with Gasteiger partial charge in [-0.25, -0.2) is 4.79 Å². The normalized spacial score (nSPS) is 29.5. The number of carbonyl (C=O) groups excluding carboxylic acids is 2. The summed E-state index contributed by atoms with van der Waals surface area (Å²) in [5, 5.41) is 0. The number of hydrogen-bond acceptors (Lipinski definition) is 6. The Kier molecular flexibility index (Phi) is 6.08. The Labute approximate surface area is 218 Å². The fraction of sp³-hybridized carbons (Fsp3) is 0.467. The van der Waals surface area contributed by atoms with Crippen molar-refractivity contribution in [2.75, 3.05) is 34.4 Å². The number of hydrogen-bond donors (Lipinski definition) is 0. The molecule has 5 atom stereocenters. The van der Waals surface area contributed by atoms with Crippen LogP contribution in [0.25, 0.3) is 6.08 Å². The Balaban J connectivity index is 1.37. The Morgan fingerprint density at radius 3 is 2.78 bits per heavy atom. The minimum atomic E-state index is -0.446. The number of piperidine rings is 1. The average molecular weight is 503 g/mol. The first kappa shape index (κ1) is 24.2. The molecule has 2 heterocycles. The third-order valence-electron chi connectivity index (χ3n) is 9.10. The molecule has 4 aliphatic rings. The molecule has 1 spiro atoms. The van der Waals surface area contributed by atoms with E-state index in [1.807, 2.05) is 54.4 Å². The number of carbonyl (C=O) groups is 2.